The van der Waals surface area contributed by atoms with E-state index in [-0.39, 0.29) is 6.10 Å². The molecule has 0 aromatic heterocycles. The Morgan fingerprint density at radius 3 is 3.09 bits per heavy atom. The molecule has 1 fully saturated rings. The van der Waals surface area contributed by atoms with Gasteiger partial charge < -0.3 is 9.84 Å². The molecule has 1 aliphatic heterocycles. The third-order valence-electron chi connectivity index (χ3n) is 1.81. The van der Waals surface area contributed by atoms with Gasteiger partial charge in [0.1, 0.15) is 0 Å². The van der Waals surface area contributed by atoms with E-state index in [9.17, 15) is 0 Å². The van der Waals surface area contributed by atoms with Gasteiger partial charge in [-0.1, -0.05) is 0 Å². The number of hydrogen-bond donors (Lipinski definition) is 1. The predicted octanol–water partition coefficient (Wildman–Crippen LogP) is 1.84. The highest BCUT2D eigenvalue weighted by atomic mass is 16.5. The van der Waals surface area contributed by atoms with Crippen molar-refractivity contribution < 1.29 is 9.84 Å². The van der Waals surface area contributed by atoms with E-state index in [0.29, 0.717) is 0 Å². The number of rotatable bonds is 3. The molecule has 0 amide bonds. The van der Waals surface area contributed by atoms with Gasteiger partial charge in [-0.15, -0.1) is 0 Å². The van der Waals surface area contributed by atoms with Crippen LogP contribution in [0.1, 0.15) is 32.6 Å². The van der Waals surface area contributed by atoms with Crippen LogP contribution in [-0.4, -0.2) is 17.8 Å². The van der Waals surface area contributed by atoms with E-state index >= 15 is 0 Å². The van der Waals surface area contributed by atoms with Crippen molar-refractivity contribution in [2.24, 2.45) is 0 Å². The van der Waals surface area contributed by atoms with Gasteiger partial charge in [0.2, 0.25) is 0 Å². The van der Waals surface area contributed by atoms with Crippen LogP contribution in [0.15, 0.2) is 11.8 Å². The normalized spacial score (nSPS) is 23.6. The predicted molar refractivity (Wildman–Crippen MR) is 44.2 cm³/mol. The van der Waals surface area contributed by atoms with Crippen LogP contribution < -0.4 is 0 Å². The highest BCUT2D eigenvalue weighted by Crippen LogP contribution is 2.16. The standard InChI is InChI=1S/C9H16O2/c1-8(10)4-2-5-9-6-3-7-11-9/h5,8,10H,2-4,6-7H2,1H3. The Balaban J connectivity index is 2.13. The third kappa shape index (κ3) is 3.42. The molecule has 1 saturated heterocycles. The summed E-state index contributed by atoms with van der Waals surface area (Å²) in [6.07, 6.45) is 5.92. The molecule has 1 N–H and O–H groups in total. The molecule has 0 spiro atoms. The molecule has 1 aliphatic rings. The fourth-order valence-corrected chi connectivity index (χ4v) is 1.17. The van der Waals surface area contributed by atoms with Crippen molar-refractivity contribution in [2.45, 2.75) is 38.7 Å². The maximum absolute atomic E-state index is 8.96. The van der Waals surface area contributed by atoms with Gasteiger partial charge in [-0.3, -0.25) is 0 Å². The Bertz CT molecular complexity index is 130. The van der Waals surface area contributed by atoms with E-state index in [1.807, 2.05) is 6.92 Å². The molecule has 1 heterocycles. The molecule has 0 bridgehead atoms. The van der Waals surface area contributed by atoms with Gasteiger partial charge in [0.05, 0.1) is 18.5 Å². The number of aliphatic hydroxyl groups is 1. The second-order valence-corrected chi connectivity index (χ2v) is 3.05. The van der Waals surface area contributed by atoms with Crippen molar-refractivity contribution in [2.75, 3.05) is 6.61 Å². The number of ether oxygens (including phenoxy) is 1. The quantitative estimate of drug-likeness (QED) is 0.675. The minimum absolute atomic E-state index is 0.187. The van der Waals surface area contributed by atoms with Crippen LogP contribution in [0.5, 0.6) is 0 Å². The van der Waals surface area contributed by atoms with Gasteiger partial charge in [-0.05, 0) is 32.3 Å². The Morgan fingerprint density at radius 2 is 2.55 bits per heavy atom. The first kappa shape index (κ1) is 8.60. The number of aliphatic hydroxyl groups excluding tert-OH is 1. The Morgan fingerprint density at radius 1 is 1.73 bits per heavy atom. The number of hydrogen-bond acceptors (Lipinski definition) is 2. The highest BCUT2D eigenvalue weighted by Gasteiger charge is 2.06. The Kier molecular flexibility index (Phi) is 3.43. The smallest absolute Gasteiger partial charge is 0.0921 e. The summed E-state index contributed by atoms with van der Waals surface area (Å²) in [4.78, 5) is 0. The molecule has 0 saturated carbocycles. The average Bonchev–Trinajstić information content (AvgIpc) is 2.39. The summed E-state index contributed by atoms with van der Waals surface area (Å²) < 4.78 is 5.31. The molecule has 0 radical (unpaired) electrons. The third-order valence-corrected chi connectivity index (χ3v) is 1.81. The van der Waals surface area contributed by atoms with Gasteiger partial charge in [0.25, 0.3) is 0 Å². The topological polar surface area (TPSA) is 29.5 Å². The van der Waals surface area contributed by atoms with Gasteiger partial charge in [0.15, 0.2) is 0 Å². The van der Waals surface area contributed by atoms with E-state index in [4.69, 9.17) is 9.84 Å². The number of allylic oxidation sites excluding steroid dienone is 2. The second-order valence-electron chi connectivity index (χ2n) is 3.05. The summed E-state index contributed by atoms with van der Waals surface area (Å²) in [5, 5.41) is 8.96. The maximum atomic E-state index is 8.96. The highest BCUT2D eigenvalue weighted by molar-refractivity contribution is 4.96. The van der Waals surface area contributed by atoms with Gasteiger partial charge in [0, 0.05) is 6.42 Å². The van der Waals surface area contributed by atoms with Crippen LogP contribution >= 0.6 is 0 Å². The zero-order chi connectivity index (χ0) is 8.10. The molecule has 11 heavy (non-hydrogen) atoms. The monoisotopic (exact) mass is 156 g/mol. The lowest BCUT2D eigenvalue weighted by atomic mass is 10.2. The van der Waals surface area contributed by atoms with E-state index < -0.39 is 0 Å². The summed E-state index contributed by atoms with van der Waals surface area (Å²) in [5.41, 5.74) is 0. The van der Waals surface area contributed by atoms with Crippen molar-refractivity contribution >= 4 is 0 Å². The first-order chi connectivity index (χ1) is 5.29. The molecule has 64 valence electrons. The zero-order valence-electron chi connectivity index (χ0n) is 7.05. The SMILES string of the molecule is CC(O)CCC=C1CCCO1. The fraction of sp³-hybridized carbons (Fsp3) is 0.778. The summed E-state index contributed by atoms with van der Waals surface area (Å²) in [7, 11) is 0. The summed E-state index contributed by atoms with van der Waals surface area (Å²) in [6.45, 7) is 2.69. The van der Waals surface area contributed by atoms with Crippen LogP contribution in [0, 0.1) is 0 Å². The molecular formula is C9H16O2. The zero-order valence-corrected chi connectivity index (χ0v) is 7.05. The minimum atomic E-state index is -0.187. The summed E-state index contributed by atoms with van der Waals surface area (Å²) in [5.74, 6) is 1.12. The van der Waals surface area contributed by atoms with E-state index in [1.54, 1.807) is 0 Å². The van der Waals surface area contributed by atoms with Gasteiger partial charge >= 0.3 is 0 Å². The van der Waals surface area contributed by atoms with Crippen molar-refractivity contribution in [1.29, 1.82) is 0 Å². The van der Waals surface area contributed by atoms with Crippen molar-refractivity contribution in [3.05, 3.63) is 11.8 Å². The Labute approximate surface area is 67.9 Å². The first-order valence-electron chi connectivity index (χ1n) is 4.29. The molecule has 1 rings (SSSR count). The van der Waals surface area contributed by atoms with Crippen molar-refractivity contribution in [3.8, 4) is 0 Å². The second kappa shape index (κ2) is 4.39. The van der Waals surface area contributed by atoms with Crippen LogP contribution in [0.25, 0.3) is 0 Å². The van der Waals surface area contributed by atoms with E-state index in [2.05, 4.69) is 6.08 Å². The van der Waals surface area contributed by atoms with E-state index in [0.717, 1.165) is 38.0 Å². The summed E-state index contributed by atoms with van der Waals surface area (Å²) in [6, 6.07) is 0. The molecule has 1 unspecified atom stereocenters. The lowest BCUT2D eigenvalue weighted by Gasteiger charge is -2.00. The van der Waals surface area contributed by atoms with Crippen LogP contribution in [0.2, 0.25) is 0 Å². The van der Waals surface area contributed by atoms with Crippen LogP contribution in [-0.2, 0) is 4.74 Å². The maximum Gasteiger partial charge on any atom is 0.0921 e. The molecule has 0 aromatic rings. The molecule has 0 aliphatic carbocycles. The van der Waals surface area contributed by atoms with Crippen molar-refractivity contribution in [3.63, 3.8) is 0 Å². The van der Waals surface area contributed by atoms with Gasteiger partial charge in [-0.25, -0.2) is 0 Å². The lowest BCUT2D eigenvalue weighted by Crippen LogP contribution is -1.97. The molecular weight excluding hydrogens is 140 g/mol. The Hall–Kier alpha value is -0.500. The van der Waals surface area contributed by atoms with E-state index in [1.165, 1.54) is 0 Å². The molecule has 2 nitrogen and oxygen atoms in total. The average molecular weight is 156 g/mol. The fourth-order valence-electron chi connectivity index (χ4n) is 1.17. The largest absolute Gasteiger partial charge is 0.498 e. The molecule has 1 atom stereocenters. The van der Waals surface area contributed by atoms with Crippen LogP contribution in [0.3, 0.4) is 0 Å². The molecule has 2 heteroatoms. The van der Waals surface area contributed by atoms with Crippen molar-refractivity contribution in [1.82, 2.24) is 0 Å². The molecule has 0 aromatic carbocycles. The minimum Gasteiger partial charge on any atom is -0.498 e. The van der Waals surface area contributed by atoms with Crippen LogP contribution in [0.4, 0.5) is 0 Å². The first-order valence-corrected chi connectivity index (χ1v) is 4.29. The lowest BCUT2D eigenvalue weighted by molar-refractivity contribution is 0.185. The van der Waals surface area contributed by atoms with Gasteiger partial charge in [-0.2, -0.15) is 0 Å². The summed E-state index contributed by atoms with van der Waals surface area (Å²) >= 11 is 0.